The second kappa shape index (κ2) is 13.1. The fourth-order valence-electron chi connectivity index (χ4n) is 3.13. The quantitative estimate of drug-likeness (QED) is 0.190. The molecule has 3 atom stereocenters. The molecule has 0 bridgehead atoms. The lowest BCUT2D eigenvalue weighted by Crippen LogP contribution is -2.54. The number of amides is 3. The summed E-state index contributed by atoms with van der Waals surface area (Å²) in [6, 6.07) is 4.76. The molecule has 2 aromatic rings. The van der Waals surface area contributed by atoms with Crippen molar-refractivity contribution >= 4 is 59.0 Å². The summed E-state index contributed by atoms with van der Waals surface area (Å²) in [5.41, 5.74) is 7.95. The van der Waals surface area contributed by atoms with E-state index in [1.165, 1.54) is 11.8 Å². The van der Waals surface area contributed by atoms with Gasteiger partial charge in [-0.2, -0.15) is 24.4 Å². The SMILES string of the molecule is CSCCC(NC(=O)C(N)Cc1c[nH]c2ccccc12)C(=O)NCC(=O)NC(CS)C(=O)O. The summed E-state index contributed by atoms with van der Waals surface area (Å²) < 4.78 is 0. The van der Waals surface area contributed by atoms with Crippen LogP contribution >= 0.6 is 24.4 Å². The second-order valence-corrected chi connectivity index (χ2v) is 8.72. The lowest BCUT2D eigenvalue weighted by Gasteiger charge is -2.20. The summed E-state index contributed by atoms with van der Waals surface area (Å²) in [6.45, 7) is -0.427. The molecule has 0 saturated carbocycles. The van der Waals surface area contributed by atoms with Gasteiger partial charge in [0, 0.05) is 22.9 Å². The van der Waals surface area contributed by atoms with E-state index in [-0.39, 0.29) is 12.2 Å². The Morgan fingerprint density at radius 3 is 2.55 bits per heavy atom. The zero-order valence-corrected chi connectivity index (χ0v) is 19.9. The van der Waals surface area contributed by atoms with Crippen molar-refractivity contribution in [3.8, 4) is 0 Å². The number of para-hydroxylation sites is 1. The van der Waals surface area contributed by atoms with Gasteiger partial charge < -0.3 is 31.8 Å². The van der Waals surface area contributed by atoms with Gasteiger partial charge in [-0.25, -0.2) is 4.79 Å². The normalized spacial score (nSPS) is 13.7. The molecule has 0 radical (unpaired) electrons. The number of nitrogens with one attached hydrogen (secondary N) is 4. The first-order valence-corrected chi connectivity index (χ1v) is 12.3. The van der Waals surface area contributed by atoms with Crippen LogP contribution in [0.15, 0.2) is 30.5 Å². The largest absolute Gasteiger partial charge is 0.480 e. The zero-order chi connectivity index (χ0) is 24.4. The molecule has 0 fully saturated rings. The summed E-state index contributed by atoms with van der Waals surface area (Å²) in [7, 11) is 0. The Morgan fingerprint density at radius 2 is 1.88 bits per heavy atom. The van der Waals surface area contributed by atoms with E-state index in [0.29, 0.717) is 12.2 Å². The zero-order valence-electron chi connectivity index (χ0n) is 18.2. The van der Waals surface area contributed by atoms with Gasteiger partial charge in [0.25, 0.3) is 0 Å². The molecule has 0 aliphatic rings. The third-order valence-corrected chi connectivity index (χ3v) is 5.94. The molecule has 7 N–H and O–H groups in total. The number of rotatable bonds is 13. The van der Waals surface area contributed by atoms with Crippen molar-refractivity contribution in [1.29, 1.82) is 0 Å². The van der Waals surface area contributed by atoms with Crippen molar-refractivity contribution in [3.63, 3.8) is 0 Å². The molecule has 10 nitrogen and oxygen atoms in total. The van der Waals surface area contributed by atoms with Crippen LogP contribution in [0.4, 0.5) is 0 Å². The maximum atomic E-state index is 12.7. The molecule has 0 aliphatic heterocycles. The van der Waals surface area contributed by atoms with Gasteiger partial charge in [0.1, 0.15) is 12.1 Å². The van der Waals surface area contributed by atoms with Gasteiger partial charge in [-0.05, 0) is 36.5 Å². The second-order valence-electron chi connectivity index (χ2n) is 7.37. The molecule has 33 heavy (non-hydrogen) atoms. The van der Waals surface area contributed by atoms with Crippen LogP contribution < -0.4 is 21.7 Å². The number of carbonyl (C=O) groups excluding carboxylic acids is 3. The van der Waals surface area contributed by atoms with Gasteiger partial charge in [-0.1, -0.05) is 18.2 Å². The fourth-order valence-corrected chi connectivity index (χ4v) is 3.85. The van der Waals surface area contributed by atoms with Crippen molar-refractivity contribution in [1.82, 2.24) is 20.9 Å². The summed E-state index contributed by atoms with van der Waals surface area (Å²) in [5, 5.41) is 17.3. The number of thiol groups is 1. The van der Waals surface area contributed by atoms with E-state index in [1.807, 2.05) is 36.7 Å². The van der Waals surface area contributed by atoms with Crippen molar-refractivity contribution in [3.05, 3.63) is 36.0 Å². The topological polar surface area (TPSA) is 166 Å². The number of H-pyrrole nitrogens is 1. The molecule has 12 heteroatoms. The highest BCUT2D eigenvalue weighted by Gasteiger charge is 2.25. The minimum atomic E-state index is -1.22. The first-order valence-electron chi connectivity index (χ1n) is 10.3. The monoisotopic (exact) mass is 495 g/mol. The van der Waals surface area contributed by atoms with Gasteiger partial charge in [0.2, 0.25) is 17.7 Å². The lowest BCUT2D eigenvalue weighted by molar-refractivity contribution is -0.141. The number of hydrogen-bond donors (Lipinski definition) is 7. The molecule has 1 aromatic heterocycles. The number of carbonyl (C=O) groups is 4. The molecule has 3 unspecified atom stereocenters. The van der Waals surface area contributed by atoms with E-state index >= 15 is 0 Å². The molecule has 2 rings (SSSR count). The maximum absolute atomic E-state index is 12.7. The predicted octanol–water partition coefficient (Wildman–Crippen LogP) is -0.109. The summed E-state index contributed by atoms with van der Waals surface area (Å²) in [6.07, 6.45) is 4.31. The summed E-state index contributed by atoms with van der Waals surface area (Å²) in [5.74, 6) is -2.41. The number of nitrogens with two attached hydrogens (primary N) is 1. The molecule has 3 amide bonds. The summed E-state index contributed by atoms with van der Waals surface area (Å²) in [4.78, 5) is 51.4. The smallest absolute Gasteiger partial charge is 0.327 e. The molecule has 0 saturated heterocycles. The number of benzene rings is 1. The van der Waals surface area contributed by atoms with E-state index in [4.69, 9.17) is 10.8 Å². The van der Waals surface area contributed by atoms with Crippen LogP contribution in [0.5, 0.6) is 0 Å². The highest BCUT2D eigenvalue weighted by molar-refractivity contribution is 7.98. The van der Waals surface area contributed by atoms with Crippen LogP contribution in [0.3, 0.4) is 0 Å². The molecular weight excluding hydrogens is 466 g/mol. The highest BCUT2D eigenvalue weighted by Crippen LogP contribution is 2.18. The number of hydrogen-bond acceptors (Lipinski definition) is 7. The van der Waals surface area contributed by atoms with Gasteiger partial charge in [-0.3, -0.25) is 14.4 Å². The standard InChI is InChI=1S/C21H29N5O5S2/c1-33-7-6-16(20(29)24-10-18(27)25-17(11-32)21(30)31)26-19(28)14(22)8-12-9-23-15-5-3-2-4-13(12)15/h2-5,9,14,16-17,23,32H,6-8,10-11,22H2,1H3,(H,24,29)(H,25,27)(H,26,28)(H,30,31). The molecule has 1 heterocycles. The van der Waals surface area contributed by atoms with E-state index in [0.717, 1.165) is 16.5 Å². The Morgan fingerprint density at radius 1 is 1.15 bits per heavy atom. The van der Waals surface area contributed by atoms with Crippen LogP contribution in [0.2, 0.25) is 0 Å². The average molecular weight is 496 g/mol. The minimum absolute atomic E-state index is 0.0876. The minimum Gasteiger partial charge on any atom is -0.480 e. The van der Waals surface area contributed by atoms with Crippen molar-refractivity contribution in [2.75, 3.05) is 24.3 Å². The highest BCUT2D eigenvalue weighted by atomic mass is 32.2. The van der Waals surface area contributed by atoms with E-state index in [1.54, 1.807) is 0 Å². The third kappa shape index (κ3) is 7.98. The number of aromatic amines is 1. The van der Waals surface area contributed by atoms with Crippen molar-refractivity contribution in [2.45, 2.75) is 31.0 Å². The third-order valence-electron chi connectivity index (χ3n) is 4.93. The van der Waals surface area contributed by atoms with Crippen LogP contribution in [-0.4, -0.2) is 76.2 Å². The number of carboxylic acid groups (broad SMARTS) is 1. The Kier molecular flexibility index (Phi) is 10.6. The number of thioether (sulfide) groups is 1. The molecule has 180 valence electrons. The first-order chi connectivity index (χ1) is 15.8. The predicted molar refractivity (Wildman–Crippen MR) is 131 cm³/mol. The van der Waals surface area contributed by atoms with E-state index < -0.39 is 48.4 Å². The Balaban J connectivity index is 1.94. The number of aromatic nitrogens is 1. The number of fused-ring (bicyclic) bond motifs is 1. The van der Waals surface area contributed by atoms with Crippen LogP contribution in [0, 0.1) is 0 Å². The molecular formula is C21H29N5O5S2. The van der Waals surface area contributed by atoms with Gasteiger partial charge in [0.05, 0.1) is 12.6 Å². The van der Waals surface area contributed by atoms with E-state index in [2.05, 4.69) is 33.6 Å². The van der Waals surface area contributed by atoms with Gasteiger partial charge >= 0.3 is 5.97 Å². The molecule has 0 aliphatic carbocycles. The van der Waals surface area contributed by atoms with Crippen molar-refractivity contribution in [2.24, 2.45) is 5.73 Å². The van der Waals surface area contributed by atoms with Gasteiger partial charge in [0.15, 0.2) is 0 Å². The fraction of sp³-hybridized carbons (Fsp3) is 0.429. The Hall–Kier alpha value is -2.70. The Labute approximate surface area is 201 Å². The summed E-state index contributed by atoms with van der Waals surface area (Å²) >= 11 is 5.38. The van der Waals surface area contributed by atoms with Crippen LogP contribution in [0.25, 0.3) is 10.9 Å². The first kappa shape index (κ1) is 26.6. The maximum Gasteiger partial charge on any atom is 0.327 e. The average Bonchev–Trinajstić information content (AvgIpc) is 3.20. The van der Waals surface area contributed by atoms with Crippen LogP contribution in [-0.2, 0) is 25.6 Å². The van der Waals surface area contributed by atoms with Gasteiger partial charge in [-0.15, -0.1) is 0 Å². The van der Waals surface area contributed by atoms with Crippen LogP contribution in [0.1, 0.15) is 12.0 Å². The number of aliphatic carboxylic acids is 1. The number of carboxylic acids is 1. The lowest BCUT2D eigenvalue weighted by atomic mass is 10.0. The van der Waals surface area contributed by atoms with E-state index in [9.17, 15) is 19.2 Å². The van der Waals surface area contributed by atoms with Crippen molar-refractivity contribution < 1.29 is 24.3 Å². The Bertz CT molecular complexity index is 983. The molecule has 0 spiro atoms. The molecule has 1 aromatic carbocycles.